The maximum atomic E-state index is 13.6. The average Bonchev–Trinajstić information content (AvgIpc) is 3.28. The number of hydrogen-bond donors (Lipinski definition) is 1. The van der Waals surface area contributed by atoms with Crippen LogP contribution in [0.1, 0.15) is 26.3 Å². The number of rotatable bonds is 5. The lowest BCUT2D eigenvalue weighted by molar-refractivity contribution is 0.0961. The monoisotopic (exact) mass is 446 g/mol. The molecule has 2 amide bonds. The van der Waals surface area contributed by atoms with E-state index in [4.69, 9.17) is 5.26 Å². The number of nitrogens with one attached hydrogen (secondary N) is 1. The summed E-state index contributed by atoms with van der Waals surface area (Å²) in [5.41, 5.74) is 4.62. The molecule has 4 aromatic rings. The predicted octanol–water partition coefficient (Wildman–Crippen LogP) is 3.73. The number of pyridine rings is 2. The summed E-state index contributed by atoms with van der Waals surface area (Å²) >= 11 is 0. The highest BCUT2D eigenvalue weighted by atomic mass is 16.2. The standard InChI is InChI=1S/C26H18N6O2/c1-28-25(33)19-8-6-18(7-9-19)22-16-30-31-12-11-20(13-23(22)31)26(34)32(21-3-2-4-21)24-10-5-17(14-27)15-29-24/h2-13,15-16H,1H3,(H,28,33). The molecule has 0 bridgehead atoms. The Morgan fingerprint density at radius 1 is 1.06 bits per heavy atom. The molecule has 0 spiro atoms. The third kappa shape index (κ3) is 3.61. The third-order valence-corrected chi connectivity index (χ3v) is 5.55. The molecule has 0 atom stereocenters. The molecule has 0 radical (unpaired) electrons. The molecule has 0 aliphatic heterocycles. The lowest BCUT2D eigenvalue weighted by Gasteiger charge is -2.25. The molecule has 3 heterocycles. The van der Waals surface area contributed by atoms with Crippen molar-refractivity contribution in [1.29, 1.82) is 5.26 Å². The van der Waals surface area contributed by atoms with Crippen LogP contribution >= 0.6 is 0 Å². The molecule has 34 heavy (non-hydrogen) atoms. The van der Waals surface area contributed by atoms with E-state index in [1.54, 1.807) is 60.4 Å². The second-order valence-corrected chi connectivity index (χ2v) is 7.57. The van der Waals surface area contributed by atoms with Gasteiger partial charge in [0.1, 0.15) is 11.9 Å². The van der Waals surface area contributed by atoms with Gasteiger partial charge in [-0.1, -0.05) is 18.2 Å². The molecule has 0 saturated carbocycles. The van der Waals surface area contributed by atoms with E-state index < -0.39 is 0 Å². The Kier molecular flexibility index (Phi) is 5.20. The van der Waals surface area contributed by atoms with Crippen molar-refractivity contribution in [2.45, 2.75) is 0 Å². The van der Waals surface area contributed by atoms with E-state index in [9.17, 15) is 9.59 Å². The van der Waals surface area contributed by atoms with E-state index in [1.165, 1.54) is 11.1 Å². The van der Waals surface area contributed by atoms with Gasteiger partial charge in [-0.2, -0.15) is 10.4 Å². The first-order chi connectivity index (χ1) is 16.6. The Hall–Kier alpha value is -5.03. The summed E-state index contributed by atoms with van der Waals surface area (Å²) in [6.45, 7) is 0. The summed E-state index contributed by atoms with van der Waals surface area (Å²) in [5, 5.41) is 16.1. The van der Waals surface area contributed by atoms with E-state index in [0.29, 0.717) is 28.2 Å². The zero-order valence-corrected chi connectivity index (χ0v) is 18.1. The number of carbonyl (C=O) groups is 2. The van der Waals surface area contributed by atoms with Gasteiger partial charge in [-0.05, 0) is 54.1 Å². The highest BCUT2D eigenvalue weighted by molar-refractivity contribution is 6.09. The topological polar surface area (TPSA) is 103 Å². The molecule has 164 valence electrons. The van der Waals surface area contributed by atoms with E-state index in [-0.39, 0.29) is 11.8 Å². The molecule has 0 saturated heterocycles. The van der Waals surface area contributed by atoms with Crippen LogP contribution < -0.4 is 10.2 Å². The van der Waals surface area contributed by atoms with Crippen molar-refractivity contribution in [3.63, 3.8) is 0 Å². The summed E-state index contributed by atoms with van der Waals surface area (Å²) < 4.78 is 1.70. The van der Waals surface area contributed by atoms with Crippen molar-refractivity contribution >= 4 is 23.1 Å². The van der Waals surface area contributed by atoms with Crippen molar-refractivity contribution in [2.75, 3.05) is 11.9 Å². The van der Waals surface area contributed by atoms with Gasteiger partial charge < -0.3 is 5.32 Å². The number of nitrogens with zero attached hydrogens (tertiary/aromatic N) is 5. The van der Waals surface area contributed by atoms with Crippen molar-refractivity contribution in [2.24, 2.45) is 0 Å². The van der Waals surface area contributed by atoms with Crippen molar-refractivity contribution in [1.82, 2.24) is 19.9 Å². The van der Waals surface area contributed by atoms with E-state index >= 15 is 0 Å². The normalized spacial score (nSPS) is 11.9. The lowest BCUT2D eigenvalue weighted by atomic mass is 10.0. The summed E-state index contributed by atoms with van der Waals surface area (Å²) in [6, 6.07) is 16.0. The molecule has 0 unspecified atom stereocenters. The maximum absolute atomic E-state index is 13.6. The number of allylic oxidation sites excluding steroid dienone is 3. The smallest absolute Gasteiger partial charge is 0.264 e. The summed E-state index contributed by atoms with van der Waals surface area (Å²) in [6.07, 6.45) is 10.4. The van der Waals surface area contributed by atoms with Gasteiger partial charge in [0.15, 0.2) is 0 Å². The van der Waals surface area contributed by atoms with E-state index in [1.807, 2.05) is 36.4 Å². The van der Waals surface area contributed by atoms with Crippen LogP contribution in [0, 0.1) is 11.3 Å². The molecule has 1 N–H and O–H groups in total. The predicted molar refractivity (Wildman–Crippen MR) is 127 cm³/mol. The summed E-state index contributed by atoms with van der Waals surface area (Å²) in [7, 11) is 1.59. The number of benzene rings is 1. The number of carbonyl (C=O) groups excluding carboxylic acids is 2. The minimum absolute atomic E-state index is 0.157. The second kappa shape index (κ2) is 8.48. The van der Waals surface area contributed by atoms with Gasteiger partial charge in [-0.15, -0.1) is 0 Å². The second-order valence-electron chi connectivity index (χ2n) is 7.57. The lowest BCUT2D eigenvalue weighted by Crippen LogP contribution is -2.31. The number of aromatic nitrogens is 3. The Morgan fingerprint density at radius 3 is 2.47 bits per heavy atom. The number of amides is 2. The minimum atomic E-state index is -0.252. The van der Waals surface area contributed by atoms with E-state index in [0.717, 1.165) is 16.6 Å². The average molecular weight is 446 g/mol. The number of nitriles is 1. The number of anilines is 1. The first-order valence-electron chi connectivity index (χ1n) is 10.5. The van der Waals surface area contributed by atoms with Crippen LogP contribution in [0.25, 0.3) is 16.6 Å². The van der Waals surface area contributed by atoms with Gasteiger partial charge in [0, 0.05) is 36.1 Å². The Labute approximate surface area is 195 Å². The number of hydrogen-bond acceptors (Lipinski definition) is 5. The highest BCUT2D eigenvalue weighted by Crippen LogP contribution is 2.28. The Balaban J connectivity index is 1.52. The fraction of sp³-hybridized carbons (Fsp3) is 0.0385. The summed E-state index contributed by atoms with van der Waals surface area (Å²) in [5.74, 6) is 0.0190. The molecule has 3 aromatic heterocycles. The molecule has 1 aliphatic carbocycles. The van der Waals surface area contributed by atoms with Crippen molar-refractivity contribution in [3.05, 3.63) is 108 Å². The highest BCUT2D eigenvalue weighted by Gasteiger charge is 2.24. The van der Waals surface area contributed by atoms with Crippen LogP contribution in [0.2, 0.25) is 0 Å². The first kappa shape index (κ1) is 20.8. The molecular weight excluding hydrogens is 428 g/mol. The van der Waals surface area contributed by atoms with Gasteiger partial charge in [-0.3, -0.25) is 14.5 Å². The van der Waals surface area contributed by atoms with Crippen LogP contribution in [0.5, 0.6) is 0 Å². The summed E-state index contributed by atoms with van der Waals surface area (Å²) in [4.78, 5) is 31.2. The van der Waals surface area contributed by atoms with Gasteiger partial charge in [0.05, 0.1) is 23.0 Å². The molecule has 8 nitrogen and oxygen atoms in total. The molecule has 0 fully saturated rings. The fourth-order valence-corrected chi connectivity index (χ4v) is 3.68. The van der Waals surface area contributed by atoms with Gasteiger partial charge in [0.25, 0.3) is 11.8 Å². The molecule has 1 aliphatic rings. The van der Waals surface area contributed by atoms with Crippen LogP contribution in [0.15, 0.2) is 91.0 Å². The Morgan fingerprint density at radius 2 is 1.85 bits per heavy atom. The third-order valence-electron chi connectivity index (χ3n) is 5.55. The fourth-order valence-electron chi connectivity index (χ4n) is 3.68. The molecule has 5 rings (SSSR count). The van der Waals surface area contributed by atoms with Crippen LogP contribution in [0.3, 0.4) is 0 Å². The molecule has 8 heteroatoms. The minimum Gasteiger partial charge on any atom is -0.355 e. The van der Waals surface area contributed by atoms with Crippen LogP contribution in [-0.4, -0.2) is 33.5 Å². The number of fused-ring (bicyclic) bond motifs is 1. The SMILES string of the molecule is CNC(=O)c1ccc(-c2cnn3ccc(C(=O)N(C4=CC=C4)c4ccc(C#N)cn4)cc23)cc1. The Bertz CT molecular complexity index is 1520. The molecular formula is C26H18N6O2. The van der Waals surface area contributed by atoms with Crippen molar-refractivity contribution in [3.8, 4) is 17.2 Å². The van der Waals surface area contributed by atoms with Gasteiger partial charge in [-0.25, -0.2) is 9.50 Å². The zero-order chi connectivity index (χ0) is 23.7. The largest absolute Gasteiger partial charge is 0.355 e. The van der Waals surface area contributed by atoms with Crippen LogP contribution in [-0.2, 0) is 0 Å². The van der Waals surface area contributed by atoms with Gasteiger partial charge in [0.2, 0.25) is 0 Å². The first-order valence-corrected chi connectivity index (χ1v) is 10.5. The maximum Gasteiger partial charge on any atom is 0.264 e. The van der Waals surface area contributed by atoms with Crippen molar-refractivity contribution < 1.29 is 9.59 Å². The van der Waals surface area contributed by atoms with Crippen LogP contribution in [0.4, 0.5) is 5.82 Å². The van der Waals surface area contributed by atoms with E-state index in [2.05, 4.69) is 15.4 Å². The zero-order valence-electron chi connectivity index (χ0n) is 18.1. The van der Waals surface area contributed by atoms with Gasteiger partial charge >= 0.3 is 0 Å². The molecule has 1 aromatic carbocycles. The quantitative estimate of drug-likeness (QED) is 0.503.